The first-order valence-electron chi connectivity index (χ1n) is 7.73. The Balaban J connectivity index is 2.14. The summed E-state index contributed by atoms with van der Waals surface area (Å²) >= 11 is 0. The van der Waals surface area contributed by atoms with E-state index in [1.807, 2.05) is 12.1 Å². The van der Waals surface area contributed by atoms with Gasteiger partial charge in [-0.25, -0.2) is 9.59 Å². The minimum absolute atomic E-state index is 0.0389. The van der Waals surface area contributed by atoms with Crippen LogP contribution < -0.4 is 10.2 Å². The summed E-state index contributed by atoms with van der Waals surface area (Å²) in [7, 11) is 2.47. The number of fused-ring (bicyclic) bond motifs is 1. The molecule has 1 N–H and O–H groups in total. The number of hydrogen-bond acceptors (Lipinski definition) is 7. The first-order chi connectivity index (χ1) is 12.1. The maximum atomic E-state index is 12.3. The van der Waals surface area contributed by atoms with Gasteiger partial charge in [0.2, 0.25) is 5.91 Å². The van der Waals surface area contributed by atoms with Gasteiger partial charge in [0.1, 0.15) is 12.4 Å². The van der Waals surface area contributed by atoms with Crippen LogP contribution in [0.25, 0.3) is 0 Å². The van der Waals surface area contributed by atoms with Crippen LogP contribution in [0.4, 0.5) is 11.4 Å². The largest absolute Gasteiger partial charge is 0.466 e. The predicted octanol–water partition coefficient (Wildman–Crippen LogP) is 0.965. The zero-order chi connectivity index (χ0) is 18.0. The molecule has 8 nitrogen and oxygen atoms in total. The summed E-state index contributed by atoms with van der Waals surface area (Å²) in [6, 6.07) is 5.48. The van der Waals surface area contributed by atoms with E-state index in [9.17, 15) is 14.4 Å². The van der Waals surface area contributed by atoms with Crippen molar-refractivity contribution in [1.29, 1.82) is 0 Å². The quantitative estimate of drug-likeness (QED) is 0.815. The number of carbonyl (C=O) groups is 3. The number of esters is 2. The lowest BCUT2D eigenvalue weighted by Crippen LogP contribution is -2.39. The van der Waals surface area contributed by atoms with Gasteiger partial charge in [0.25, 0.3) is 0 Å². The van der Waals surface area contributed by atoms with Crippen LogP contribution in [0.1, 0.15) is 12.0 Å². The second-order valence-corrected chi connectivity index (χ2v) is 5.58. The van der Waals surface area contributed by atoms with E-state index in [-0.39, 0.29) is 30.5 Å². The van der Waals surface area contributed by atoms with E-state index in [2.05, 4.69) is 5.32 Å². The number of carbonyl (C=O) groups excluding carboxylic acids is 3. The minimum Gasteiger partial charge on any atom is -0.466 e. The minimum atomic E-state index is -0.677. The van der Waals surface area contributed by atoms with Crippen LogP contribution in [-0.4, -0.2) is 45.4 Å². The van der Waals surface area contributed by atoms with Gasteiger partial charge in [-0.15, -0.1) is 0 Å². The van der Waals surface area contributed by atoms with E-state index in [0.717, 1.165) is 5.56 Å². The lowest BCUT2D eigenvalue weighted by molar-refractivity contribution is -0.140. The molecule has 2 aliphatic rings. The SMILES string of the molecule is COC(=O)C1=C(C(=O)OC)N(c2cccc3c2NC(=O)CC3)COC1. The first-order valence-corrected chi connectivity index (χ1v) is 7.73. The highest BCUT2D eigenvalue weighted by molar-refractivity contribution is 6.05. The molecule has 0 aromatic heterocycles. The molecule has 1 aromatic rings. The van der Waals surface area contributed by atoms with Gasteiger partial charge in [0, 0.05) is 6.42 Å². The number of anilines is 2. The summed E-state index contributed by atoms with van der Waals surface area (Å²) < 4.78 is 15.1. The Morgan fingerprint density at radius 2 is 1.92 bits per heavy atom. The average Bonchev–Trinajstić information content (AvgIpc) is 2.65. The van der Waals surface area contributed by atoms with E-state index >= 15 is 0 Å². The highest BCUT2D eigenvalue weighted by atomic mass is 16.5. The number of amides is 1. The molecule has 0 bridgehead atoms. The zero-order valence-corrected chi connectivity index (χ0v) is 14.0. The fourth-order valence-electron chi connectivity index (χ4n) is 2.95. The number of benzene rings is 1. The third-order valence-electron chi connectivity index (χ3n) is 4.14. The van der Waals surface area contributed by atoms with Crippen LogP contribution in [0.15, 0.2) is 29.5 Å². The van der Waals surface area contributed by atoms with Crippen molar-refractivity contribution >= 4 is 29.2 Å². The monoisotopic (exact) mass is 346 g/mol. The molecule has 2 aliphatic heterocycles. The van der Waals surface area contributed by atoms with Crippen molar-refractivity contribution in [3.8, 4) is 0 Å². The molecular formula is C17H18N2O6. The van der Waals surface area contributed by atoms with E-state index in [4.69, 9.17) is 14.2 Å². The van der Waals surface area contributed by atoms with Gasteiger partial charge in [0.15, 0.2) is 0 Å². The Hall–Kier alpha value is -2.87. The van der Waals surface area contributed by atoms with Crippen LogP contribution in [0, 0.1) is 0 Å². The number of rotatable bonds is 3. The van der Waals surface area contributed by atoms with Crippen LogP contribution >= 0.6 is 0 Å². The average molecular weight is 346 g/mol. The molecule has 3 rings (SSSR count). The number of para-hydroxylation sites is 1. The van der Waals surface area contributed by atoms with Crippen molar-refractivity contribution in [3.05, 3.63) is 35.0 Å². The normalized spacial score (nSPS) is 16.9. The summed E-state index contributed by atoms with van der Waals surface area (Å²) in [6.45, 7) is -0.0216. The predicted molar refractivity (Wildman–Crippen MR) is 87.7 cm³/mol. The van der Waals surface area contributed by atoms with E-state index in [0.29, 0.717) is 24.2 Å². The maximum absolute atomic E-state index is 12.3. The molecular weight excluding hydrogens is 328 g/mol. The zero-order valence-electron chi connectivity index (χ0n) is 14.0. The Labute approximate surface area is 144 Å². The summed E-state index contributed by atoms with van der Waals surface area (Å²) in [4.78, 5) is 37.7. The van der Waals surface area contributed by atoms with Crippen LogP contribution in [0.2, 0.25) is 0 Å². The molecule has 0 atom stereocenters. The number of nitrogens with one attached hydrogen (secondary N) is 1. The smallest absolute Gasteiger partial charge is 0.355 e. The summed E-state index contributed by atoms with van der Waals surface area (Å²) in [5, 5.41) is 2.83. The van der Waals surface area contributed by atoms with Crippen molar-refractivity contribution in [2.75, 3.05) is 37.8 Å². The van der Waals surface area contributed by atoms with Crippen molar-refractivity contribution in [1.82, 2.24) is 0 Å². The number of aryl methyl sites for hydroxylation is 1. The Kier molecular flexibility index (Phi) is 4.71. The number of ether oxygens (including phenoxy) is 3. The topological polar surface area (TPSA) is 94.2 Å². The third kappa shape index (κ3) is 3.08. The Bertz CT molecular complexity index is 770. The molecule has 0 spiro atoms. The summed E-state index contributed by atoms with van der Waals surface area (Å²) in [5.74, 6) is -1.45. The van der Waals surface area contributed by atoms with Crippen molar-refractivity contribution in [2.24, 2.45) is 0 Å². The number of hydrogen-bond donors (Lipinski definition) is 1. The van der Waals surface area contributed by atoms with Gasteiger partial charge in [0.05, 0.1) is 37.8 Å². The Morgan fingerprint density at radius 3 is 2.64 bits per heavy atom. The molecule has 25 heavy (non-hydrogen) atoms. The van der Waals surface area contributed by atoms with Crippen LogP contribution in [-0.2, 0) is 35.0 Å². The fraction of sp³-hybridized carbons (Fsp3) is 0.353. The molecule has 132 valence electrons. The number of methoxy groups -OCH3 is 2. The second-order valence-electron chi connectivity index (χ2n) is 5.58. The van der Waals surface area contributed by atoms with Gasteiger partial charge in [-0.2, -0.15) is 0 Å². The van der Waals surface area contributed by atoms with Crippen LogP contribution in [0.5, 0.6) is 0 Å². The molecule has 0 unspecified atom stereocenters. The van der Waals surface area contributed by atoms with E-state index in [1.165, 1.54) is 19.1 Å². The van der Waals surface area contributed by atoms with Crippen molar-refractivity contribution in [3.63, 3.8) is 0 Å². The van der Waals surface area contributed by atoms with Gasteiger partial charge in [-0.05, 0) is 18.1 Å². The fourth-order valence-corrected chi connectivity index (χ4v) is 2.95. The molecule has 0 fully saturated rings. The molecule has 8 heteroatoms. The van der Waals surface area contributed by atoms with Gasteiger partial charge in [-0.3, -0.25) is 4.79 Å². The highest BCUT2D eigenvalue weighted by Crippen LogP contribution is 2.37. The first kappa shape index (κ1) is 17.0. The van der Waals surface area contributed by atoms with E-state index in [1.54, 1.807) is 6.07 Å². The summed E-state index contributed by atoms with van der Waals surface area (Å²) in [6.07, 6.45) is 1.00. The van der Waals surface area contributed by atoms with Crippen molar-refractivity contribution < 1.29 is 28.6 Å². The van der Waals surface area contributed by atoms with Crippen molar-refractivity contribution in [2.45, 2.75) is 12.8 Å². The molecule has 0 saturated heterocycles. The van der Waals surface area contributed by atoms with Gasteiger partial charge in [-0.1, -0.05) is 12.1 Å². The number of nitrogens with zero attached hydrogens (tertiary/aromatic N) is 1. The third-order valence-corrected chi connectivity index (χ3v) is 4.14. The molecule has 1 aromatic carbocycles. The lowest BCUT2D eigenvalue weighted by atomic mass is 10.0. The Morgan fingerprint density at radius 1 is 1.16 bits per heavy atom. The molecule has 2 heterocycles. The maximum Gasteiger partial charge on any atom is 0.355 e. The standard InChI is InChI=1S/C17H18N2O6/c1-23-16(21)11-8-25-9-19(15(11)17(22)24-2)12-5-3-4-10-6-7-13(20)18-14(10)12/h3-5H,6-9H2,1-2H3,(H,18,20). The van der Waals surface area contributed by atoms with Crippen LogP contribution in [0.3, 0.4) is 0 Å². The molecule has 0 saturated carbocycles. The summed E-state index contributed by atoms with van der Waals surface area (Å²) in [5.41, 5.74) is 2.24. The van der Waals surface area contributed by atoms with E-state index < -0.39 is 11.9 Å². The lowest BCUT2D eigenvalue weighted by Gasteiger charge is -2.33. The molecule has 1 amide bonds. The van der Waals surface area contributed by atoms with Gasteiger partial charge >= 0.3 is 11.9 Å². The second kappa shape index (κ2) is 6.94. The molecule has 0 radical (unpaired) electrons. The van der Waals surface area contributed by atoms with Gasteiger partial charge < -0.3 is 24.4 Å². The molecule has 0 aliphatic carbocycles. The highest BCUT2D eigenvalue weighted by Gasteiger charge is 2.34.